The molecule has 9 nitrogen and oxygen atoms in total. The van der Waals surface area contributed by atoms with Crippen LogP contribution in [0.4, 0.5) is 0 Å². The van der Waals surface area contributed by atoms with Gasteiger partial charge in [-0.3, -0.25) is 14.6 Å². The van der Waals surface area contributed by atoms with Gasteiger partial charge in [0.15, 0.2) is 0 Å². The molecule has 3 heterocycles. The van der Waals surface area contributed by atoms with E-state index in [9.17, 15) is 19.5 Å². The predicted octanol–water partition coefficient (Wildman–Crippen LogP) is 4.99. The fourth-order valence-corrected chi connectivity index (χ4v) is 8.56. The molecule has 7 rings (SSSR count). The first-order valence-corrected chi connectivity index (χ1v) is 15.4. The van der Waals surface area contributed by atoms with E-state index in [4.69, 9.17) is 18.6 Å². The van der Waals surface area contributed by atoms with Crippen LogP contribution in [0.3, 0.4) is 0 Å². The summed E-state index contributed by atoms with van der Waals surface area (Å²) in [6, 6.07) is 5.25. The standard InChI is InChI=1S/C33H39NO8/c1-31-12-11-24(41-29(37)19-8-9-19)32(2,17-39-28(36)18-6-7-18)23(31)10-13-33(3)27(31)26(35)25-22(42-33)15-21(40-30(25)38)20-5-4-14-34-16-20/h4-5,14-16,18-19,23-24,26-27,35H,6-13,17H2,1-3H3/t23-,24+,26+,27-,31+,32+,33-/m1/s1. The van der Waals surface area contributed by atoms with Crippen LogP contribution in [-0.2, 0) is 19.1 Å². The summed E-state index contributed by atoms with van der Waals surface area (Å²) in [5, 5.41) is 12.0. The molecule has 0 radical (unpaired) electrons. The minimum absolute atomic E-state index is 0.0351. The minimum Gasteiger partial charge on any atom is -0.486 e. The van der Waals surface area contributed by atoms with Crippen LogP contribution >= 0.6 is 0 Å². The Morgan fingerprint density at radius 2 is 1.79 bits per heavy atom. The number of esters is 2. The molecule has 0 unspecified atom stereocenters. The maximum Gasteiger partial charge on any atom is 0.345 e. The first-order valence-electron chi connectivity index (χ1n) is 15.4. The number of carbonyl (C=O) groups is 2. The van der Waals surface area contributed by atoms with E-state index < -0.39 is 40.2 Å². The van der Waals surface area contributed by atoms with Crippen LogP contribution in [0.15, 0.2) is 39.8 Å². The van der Waals surface area contributed by atoms with Gasteiger partial charge in [0.05, 0.1) is 17.9 Å². The van der Waals surface area contributed by atoms with Gasteiger partial charge in [-0.15, -0.1) is 0 Å². The summed E-state index contributed by atoms with van der Waals surface area (Å²) >= 11 is 0. The molecule has 0 amide bonds. The van der Waals surface area contributed by atoms with Crippen LogP contribution < -0.4 is 10.4 Å². The summed E-state index contributed by atoms with van der Waals surface area (Å²) in [6.45, 7) is 6.40. The number of aromatic nitrogens is 1. The molecule has 42 heavy (non-hydrogen) atoms. The fraction of sp³-hybridized carbons (Fsp3) is 0.636. The van der Waals surface area contributed by atoms with Crippen molar-refractivity contribution in [2.45, 2.75) is 89.9 Å². The topological polar surface area (TPSA) is 125 Å². The summed E-state index contributed by atoms with van der Waals surface area (Å²) in [4.78, 5) is 43.0. The average molecular weight is 578 g/mol. The van der Waals surface area contributed by atoms with Gasteiger partial charge in [0.25, 0.3) is 0 Å². The molecule has 1 N–H and O–H groups in total. The van der Waals surface area contributed by atoms with Crippen molar-refractivity contribution in [3.8, 4) is 17.1 Å². The highest BCUT2D eigenvalue weighted by Crippen LogP contribution is 2.67. The quantitative estimate of drug-likeness (QED) is 0.473. The molecule has 2 aromatic heterocycles. The normalized spacial score (nSPS) is 37.0. The van der Waals surface area contributed by atoms with Crippen LogP contribution in [-0.4, -0.2) is 40.3 Å². The fourth-order valence-electron chi connectivity index (χ4n) is 8.56. The highest BCUT2D eigenvalue weighted by Gasteiger charge is 2.67. The third-order valence-corrected chi connectivity index (χ3v) is 11.0. The lowest BCUT2D eigenvalue weighted by Gasteiger charge is -2.65. The van der Waals surface area contributed by atoms with Crippen LogP contribution in [0.25, 0.3) is 11.3 Å². The molecular weight excluding hydrogens is 538 g/mol. The van der Waals surface area contributed by atoms with Gasteiger partial charge < -0.3 is 23.7 Å². The van der Waals surface area contributed by atoms with E-state index >= 15 is 0 Å². The van der Waals surface area contributed by atoms with Crippen molar-refractivity contribution in [3.05, 3.63) is 46.6 Å². The summed E-state index contributed by atoms with van der Waals surface area (Å²) in [5.74, 6) is -0.229. The zero-order valence-corrected chi connectivity index (χ0v) is 24.5. The molecule has 4 saturated carbocycles. The number of carbonyl (C=O) groups excluding carboxylic acids is 2. The largest absolute Gasteiger partial charge is 0.486 e. The van der Waals surface area contributed by atoms with Gasteiger partial charge in [0.1, 0.15) is 35.4 Å². The maximum absolute atomic E-state index is 13.4. The highest BCUT2D eigenvalue weighted by atomic mass is 16.6. The first-order chi connectivity index (χ1) is 20.0. The van der Waals surface area contributed by atoms with Gasteiger partial charge in [0.2, 0.25) is 0 Å². The molecule has 0 bridgehead atoms. The second-order valence-corrected chi connectivity index (χ2v) is 14.0. The van der Waals surface area contributed by atoms with Gasteiger partial charge in [-0.2, -0.15) is 0 Å². The number of aliphatic hydroxyl groups excluding tert-OH is 1. The van der Waals surface area contributed by atoms with Gasteiger partial charge in [-0.1, -0.05) is 13.8 Å². The maximum atomic E-state index is 13.4. The van der Waals surface area contributed by atoms with Crippen molar-refractivity contribution >= 4 is 11.9 Å². The number of nitrogens with zero attached hydrogens (tertiary/aromatic N) is 1. The Balaban J connectivity index is 1.24. The Kier molecular flexibility index (Phi) is 6.35. The number of pyridine rings is 1. The predicted molar refractivity (Wildman–Crippen MR) is 150 cm³/mol. The third kappa shape index (κ3) is 4.38. The van der Waals surface area contributed by atoms with Crippen molar-refractivity contribution in [2.75, 3.05) is 6.61 Å². The Labute approximate surface area is 244 Å². The molecule has 2 aromatic rings. The van der Waals surface area contributed by atoms with E-state index in [0.717, 1.165) is 32.1 Å². The summed E-state index contributed by atoms with van der Waals surface area (Å²) in [6.07, 6.45) is 7.75. The highest BCUT2D eigenvalue weighted by molar-refractivity contribution is 5.75. The van der Waals surface area contributed by atoms with E-state index in [-0.39, 0.29) is 41.9 Å². The Morgan fingerprint density at radius 1 is 1.05 bits per heavy atom. The summed E-state index contributed by atoms with van der Waals surface area (Å²) in [7, 11) is 0. The number of ether oxygens (including phenoxy) is 3. The van der Waals surface area contributed by atoms with Crippen molar-refractivity contribution in [1.82, 2.24) is 4.98 Å². The van der Waals surface area contributed by atoms with Crippen molar-refractivity contribution in [1.29, 1.82) is 0 Å². The Hall–Kier alpha value is -3.20. The Bertz CT molecular complexity index is 1460. The third-order valence-electron chi connectivity index (χ3n) is 11.0. The zero-order valence-electron chi connectivity index (χ0n) is 24.5. The van der Waals surface area contributed by atoms with Crippen LogP contribution in [0.2, 0.25) is 0 Å². The van der Waals surface area contributed by atoms with Crippen LogP contribution in [0.5, 0.6) is 5.75 Å². The first kappa shape index (κ1) is 27.6. The van der Waals surface area contributed by atoms with Crippen molar-refractivity contribution < 1.29 is 33.3 Å². The van der Waals surface area contributed by atoms with Gasteiger partial charge in [-0.25, -0.2) is 4.79 Å². The Morgan fingerprint density at radius 3 is 2.48 bits per heavy atom. The van der Waals surface area contributed by atoms with E-state index in [1.54, 1.807) is 30.6 Å². The lowest BCUT2D eigenvalue weighted by molar-refractivity contribution is -0.240. The molecule has 0 saturated heterocycles. The molecule has 4 fully saturated rings. The summed E-state index contributed by atoms with van der Waals surface area (Å²) < 4.78 is 24.4. The van der Waals surface area contributed by atoms with Crippen LogP contribution in [0.1, 0.15) is 83.8 Å². The minimum atomic E-state index is -1.12. The van der Waals surface area contributed by atoms with E-state index in [0.29, 0.717) is 36.3 Å². The average Bonchev–Trinajstić information content (AvgIpc) is 3.86. The van der Waals surface area contributed by atoms with Crippen molar-refractivity contribution in [2.24, 2.45) is 34.5 Å². The number of hydrogen-bond donors (Lipinski definition) is 1. The van der Waals surface area contributed by atoms with Gasteiger partial charge in [0, 0.05) is 35.4 Å². The van der Waals surface area contributed by atoms with Gasteiger partial charge >= 0.3 is 17.6 Å². The lowest BCUT2D eigenvalue weighted by Crippen LogP contribution is -2.66. The molecular formula is C33H39NO8. The van der Waals surface area contributed by atoms with Crippen molar-refractivity contribution in [3.63, 3.8) is 0 Å². The molecule has 9 heteroatoms. The molecule has 224 valence electrons. The molecule has 7 atom stereocenters. The molecule has 5 aliphatic rings. The summed E-state index contributed by atoms with van der Waals surface area (Å²) in [5.41, 5.74) is -1.74. The number of rotatable bonds is 6. The lowest BCUT2D eigenvalue weighted by atomic mass is 9.43. The smallest absolute Gasteiger partial charge is 0.345 e. The zero-order chi connectivity index (χ0) is 29.4. The molecule has 4 aliphatic carbocycles. The monoisotopic (exact) mass is 577 g/mol. The van der Waals surface area contributed by atoms with Crippen LogP contribution in [0, 0.1) is 34.5 Å². The molecule has 0 aromatic carbocycles. The number of aliphatic hydroxyl groups is 1. The molecule has 1 aliphatic heterocycles. The van der Waals surface area contributed by atoms with Gasteiger partial charge in [-0.05, 0) is 81.8 Å². The van der Waals surface area contributed by atoms with E-state index in [1.807, 2.05) is 6.92 Å². The second kappa shape index (κ2) is 9.66. The van der Waals surface area contributed by atoms with E-state index in [1.165, 1.54) is 0 Å². The second-order valence-electron chi connectivity index (χ2n) is 14.0. The van der Waals surface area contributed by atoms with E-state index in [2.05, 4.69) is 18.8 Å². The molecule has 0 spiro atoms. The number of fused-ring (bicyclic) bond motifs is 4. The SMILES string of the molecule is C[C@]1(COC(=O)C2CC2)[C@@H]2CC[C@@]3(C)Oc4cc(-c5cccnc5)oc(=O)c4[C@H](O)[C@@H]3[C@@]2(C)CC[C@@H]1OC(=O)C1CC1. The number of hydrogen-bond acceptors (Lipinski definition) is 9.